The van der Waals surface area contributed by atoms with E-state index in [2.05, 4.69) is 16.6 Å². The van der Waals surface area contributed by atoms with Crippen LogP contribution in [0.1, 0.15) is 22.3 Å². The maximum absolute atomic E-state index is 10.8. The Labute approximate surface area is 92.9 Å². The van der Waals surface area contributed by atoms with E-state index in [1.807, 2.05) is 0 Å². The summed E-state index contributed by atoms with van der Waals surface area (Å²) in [5.41, 5.74) is 0.513. The lowest BCUT2D eigenvalue weighted by atomic mass is 10.1. The number of hydrogen-bond donors (Lipinski definition) is 1. The average Bonchev–Trinajstić information content (AvgIpc) is 2.29. The van der Waals surface area contributed by atoms with Gasteiger partial charge in [0.15, 0.2) is 0 Å². The van der Waals surface area contributed by atoms with Crippen molar-refractivity contribution in [1.29, 1.82) is 0 Å². The van der Waals surface area contributed by atoms with E-state index in [0.717, 1.165) is 0 Å². The van der Waals surface area contributed by atoms with E-state index in [0.29, 0.717) is 5.56 Å². The Morgan fingerprint density at radius 2 is 2.06 bits per heavy atom. The molecule has 0 atom stereocenters. The van der Waals surface area contributed by atoms with Gasteiger partial charge >= 0.3 is 11.9 Å². The number of benzene rings is 1. The predicted octanol–water partition coefficient (Wildman–Crippen LogP) is 1.30. The summed E-state index contributed by atoms with van der Waals surface area (Å²) in [5, 5.41) is 8.86. The molecule has 0 heterocycles. The lowest BCUT2D eigenvalue weighted by Gasteiger charge is -1.96. The Kier molecular flexibility index (Phi) is 4.10. The van der Waals surface area contributed by atoms with Gasteiger partial charge in [-0.3, -0.25) is 4.79 Å². The molecule has 82 valence electrons. The molecule has 0 aliphatic carbocycles. The standard InChI is InChI=1S/C12H10O4/c1-16-11(13)8-4-6-9-5-2-3-7-10(9)12(14)15/h2-3,5,7H,8H2,1H3,(H,14,15). The fraction of sp³-hybridized carbons (Fsp3) is 0.167. The van der Waals surface area contributed by atoms with Crippen molar-refractivity contribution in [2.75, 3.05) is 7.11 Å². The van der Waals surface area contributed by atoms with E-state index in [4.69, 9.17) is 5.11 Å². The van der Waals surface area contributed by atoms with Crippen LogP contribution in [0.15, 0.2) is 24.3 Å². The van der Waals surface area contributed by atoms with E-state index < -0.39 is 11.9 Å². The summed E-state index contributed by atoms with van der Waals surface area (Å²) in [5.74, 6) is 3.70. The first kappa shape index (κ1) is 11.8. The number of carbonyl (C=O) groups is 2. The largest absolute Gasteiger partial charge is 0.478 e. The highest BCUT2D eigenvalue weighted by Crippen LogP contribution is 2.06. The number of rotatable bonds is 2. The minimum atomic E-state index is -1.04. The molecule has 0 aliphatic heterocycles. The van der Waals surface area contributed by atoms with Gasteiger partial charge in [0, 0.05) is 5.56 Å². The van der Waals surface area contributed by atoms with Gasteiger partial charge in [0.25, 0.3) is 0 Å². The van der Waals surface area contributed by atoms with Gasteiger partial charge in [0.2, 0.25) is 0 Å². The summed E-state index contributed by atoms with van der Waals surface area (Å²) in [6.45, 7) is 0. The Balaban J connectivity index is 2.88. The smallest absolute Gasteiger partial charge is 0.336 e. The van der Waals surface area contributed by atoms with Gasteiger partial charge in [-0.1, -0.05) is 24.0 Å². The van der Waals surface area contributed by atoms with Crippen molar-refractivity contribution in [3.63, 3.8) is 0 Å². The highest BCUT2D eigenvalue weighted by atomic mass is 16.5. The summed E-state index contributed by atoms with van der Waals surface area (Å²) >= 11 is 0. The Hall–Kier alpha value is -2.28. The van der Waals surface area contributed by atoms with Crippen LogP contribution in [0.4, 0.5) is 0 Å². The molecule has 0 amide bonds. The van der Waals surface area contributed by atoms with Crippen molar-refractivity contribution in [1.82, 2.24) is 0 Å². The molecule has 0 bridgehead atoms. The van der Waals surface area contributed by atoms with Gasteiger partial charge < -0.3 is 9.84 Å². The molecule has 1 aromatic carbocycles. The molecule has 0 aromatic heterocycles. The third-order valence-corrected chi connectivity index (χ3v) is 1.84. The van der Waals surface area contributed by atoms with Crippen molar-refractivity contribution in [2.45, 2.75) is 6.42 Å². The van der Waals surface area contributed by atoms with Gasteiger partial charge in [-0.05, 0) is 12.1 Å². The molecule has 0 unspecified atom stereocenters. The van der Waals surface area contributed by atoms with Crippen LogP contribution in [0.25, 0.3) is 0 Å². The first-order valence-electron chi connectivity index (χ1n) is 4.53. The van der Waals surface area contributed by atoms with E-state index in [1.165, 1.54) is 13.2 Å². The van der Waals surface area contributed by atoms with Crippen LogP contribution in [0, 0.1) is 11.8 Å². The molecule has 16 heavy (non-hydrogen) atoms. The maximum Gasteiger partial charge on any atom is 0.336 e. The average molecular weight is 218 g/mol. The van der Waals surface area contributed by atoms with Crippen LogP contribution >= 0.6 is 0 Å². The SMILES string of the molecule is COC(=O)CC#Cc1ccccc1C(=O)O. The molecular formula is C12H10O4. The molecule has 4 nitrogen and oxygen atoms in total. The molecule has 4 heteroatoms. The zero-order chi connectivity index (χ0) is 12.0. The van der Waals surface area contributed by atoms with E-state index in [1.54, 1.807) is 18.2 Å². The number of aromatic carboxylic acids is 1. The van der Waals surface area contributed by atoms with Crippen LogP contribution in [0.3, 0.4) is 0 Å². The van der Waals surface area contributed by atoms with Crippen molar-refractivity contribution in [3.05, 3.63) is 35.4 Å². The zero-order valence-corrected chi connectivity index (χ0v) is 8.69. The monoisotopic (exact) mass is 218 g/mol. The number of hydrogen-bond acceptors (Lipinski definition) is 3. The summed E-state index contributed by atoms with van der Waals surface area (Å²) in [6, 6.07) is 6.36. The first-order chi connectivity index (χ1) is 7.65. The number of esters is 1. The minimum Gasteiger partial charge on any atom is -0.478 e. The molecule has 0 spiro atoms. The lowest BCUT2D eigenvalue weighted by Crippen LogP contribution is -2.00. The topological polar surface area (TPSA) is 63.6 Å². The van der Waals surface area contributed by atoms with Crippen LogP contribution in [0.5, 0.6) is 0 Å². The first-order valence-corrected chi connectivity index (χ1v) is 4.53. The Bertz CT molecular complexity index is 465. The second-order valence-corrected chi connectivity index (χ2v) is 2.91. The van der Waals surface area contributed by atoms with E-state index >= 15 is 0 Å². The highest BCUT2D eigenvalue weighted by Gasteiger charge is 2.06. The van der Waals surface area contributed by atoms with Crippen LogP contribution < -0.4 is 0 Å². The van der Waals surface area contributed by atoms with E-state index in [9.17, 15) is 9.59 Å². The normalized spacial score (nSPS) is 8.81. The molecule has 1 N–H and O–H groups in total. The second kappa shape index (κ2) is 5.56. The minimum absolute atomic E-state index is 0.0511. The molecule has 0 aliphatic rings. The van der Waals surface area contributed by atoms with Crippen molar-refractivity contribution in [2.24, 2.45) is 0 Å². The highest BCUT2D eigenvalue weighted by molar-refractivity contribution is 5.90. The molecule has 0 saturated heterocycles. The molecular weight excluding hydrogens is 208 g/mol. The molecule has 1 rings (SSSR count). The Morgan fingerprint density at radius 1 is 1.38 bits per heavy atom. The molecule has 1 aromatic rings. The zero-order valence-electron chi connectivity index (χ0n) is 8.69. The fourth-order valence-corrected chi connectivity index (χ4v) is 1.06. The maximum atomic E-state index is 10.8. The van der Waals surface area contributed by atoms with Crippen LogP contribution in [-0.2, 0) is 9.53 Å². The van der Waals surface area contributed by atoms with Gasteiger partial charge in [-0.2, -0.15) is 0 Å². The number of carbonyl (C=O) groups excluding carboxylic acids is 1. The number of methoxy groups -OCH3 is 1. The van der Waals surface area contributed by atoms with Gasteiger partial charge in [-0.25, -0.2) is 4.79 Å². The summed E-state index contributed by atoms with van der Waals surface area (Å²) < 4.78 is 4.41. The van der Waals surface area contributed by atoms with Crippen molar-refractivity contribution in [3.8, 4) is 11.8 Å². The van der Waals surface area contributed by atoms with Gasteiger partial charge in [0.1, 0.15) is 6.42 Å². The van der Waals surface area contributed by atoms with Gasteiger partial charge in [0.05, 0.1) is 12.7 Å². The summed E-state index contributed by atoms with van der Waals surface area (Å²) in [4.78, 5) is 21.6. The molecule has 0 radical (unpaired) electrons. The van der Waals surface area contributed by atoms with Gasteiger partial charge in [-0.15, -0.1) is 0 Å². The predicted molar refractivity (Wildman–Crippen MR) is 56.9 cm³/mol. The van der Waals surface area contributed by atoms with E-state index in [-0.39, 0.29) is 12.0 Å². The third kappa shape index (κ3) is 3.14. The lowest BCUT2D eigenvalue weighted by molar-refractivity contribution is -0.139. The number of carboxylic acid groups (broad SMARTS) is 1. The fourth-order valence-electron chi connectivity index (χ4n) is 1.06. The van der Waals surface area contributed by atoms with Crippen LogP contribution in [0.2, 0.25) is 0 Å². The number of ether oxygens (including phenoxy) is 1. The molecule has 0 saturated carbocycles. The summed E-state index contributed by atoms with van der Waals surface area (Å²) in [6.07, 6.45) is -0.0511. The van der Waals surface area contributed by atoms with Crippen molar-refractivity contribution >= 4 is 11.9 Å². The third-order valence-electron chi connectivity index (χ3n) is 1.84. The quantitative estimate of drug-likeness (QED) is 0.600. The Morgan fingerprint density at radius 3 is 2.69 bits per heavy atom. The van der Waals surface area contributed by atoms with Crippen molar-refractivity contribution < 1.29 is 19.4 Å². The second-order valence-electron chi connectivity index (χ2n) is 2.91. The number of carboxylic acids is 1. The van der Waals surface area contributed by atoms with Crippen LogP contribution in [-0.4, -0.2) is 24.2 Å². The molecule has 0 fully saturated rings. The summed E-state index contributed by atoms with van der Waals surface area (Å²) in [7, 11) is 1.27.